The fourth-order valence-corrected chi connectivity index (χ4v) is 2.93. The highest BCUT2D eigenvalue weighted by Gasteiger charge is 2.41. The molecule has 0 amide bonds. The summed E-state index contributed by atoms with van der Waals surface area (Å²) in [6, 6.07) is 0. The van der Waals surface area contributed by atoms with Crippen LogP contribution in [0.1, 0.15) is 60.8 Å². The molecule has 1 N–H and O–H groups in total. The minimum Gasteiger partial charge on any atom is -0.481 e. The normalized spacial score (nSPS) is 31.3. The molecular formula is C15H28O2. The number of carboxylic acid groups (broad SMARTS) is 1. The van der Waals surface area contributed by atoms with Crippen LogP contribution in [-0.4, -0.2) is 11.1 Å². The Morgan fingerprint density at radius 2 is 1.24 bits per heavy atom. The molecule has 0 aromatic carbocycles. The van der Waals surface area contributed by atoms with E-state index in [0.29, 0.717) is 11.8 Å². The van der Waals surface area contributed by atoms with Crippen molar-refractivity contribution in [2.75, 3.05) is 0 Å². The van der Waals surface area contributed by atoms with Crippen molar-refractivity contribution >= 4 is 5.97 Å². The first-order chi connectivity index (χ1) is 7.51. The van der Waals surface area contributed by atoms with Crippen molar-refractivity contribution in [3.05, 3.63) is 0 Å². The maximum absolute atomic E-state index is 11.3. The largest absolute Gasteiger partial charge is 0.481 e. The van der Waals surface area contributed by atoms with E-state index in [1.807, 2.05) is 0 Å². The SMILES string of the molecule is CC(C)(C)C1CC(C(=O)O)CC(C(C)(C)C)C1. The van der Waals surface area contributed by atoms with Crippen LogP contribution in [0.3, 0.4) is 0 Å². The Morgan fingerprint density at radius 3 is 1.47 bits per heavy atom. The van der Waals surface area contributed by atoms with Gasteiger partial charge in [-0.05, 0) is 41.9 Å². The monoisotopic (exact) mass is 240 g/mol. The maximum Gasteiger partial charge on any atom is 0.306 e. The molecule has 0 aromatic heterocycles. The first-order valence-corrected chi connectivity index (χ1v) is 6.74. The molecule has 2 atom stereocenters. The number of carbonyl (C=O) groups is 1. The van der Waals surface area contributed by atoms with E-state index in [0.717, 1.165) is 12.8 Å². The average Bonchev–Trinajstić information content (AvgIpc) is 2.14. The Labute approximate surface area is 106 Å². The van der Waals surface area contributed by atoms with Gasteiger partial charge in [-0.25, -0.2) is 0 Å². The molecule has 2 heteroatoms. The molecule has 17 heavy (non-hydrogen) atoms. The second-order valence-electron chi connectivity index (χ2n) is 7.87. The van der Waals surface area contributed by atoms with Crippen LogP contribution in [0.4, 0.5) is 0 Å². The lowest BCUT2D eigenvalue weighted by molar-refractivity contribution is -0.145. The predicted octanol–water partition coefficient (Wildman–Crippen LogP) is 4.20. The van der Waals surface area contributed by atoms with Gasteiger partial charge >= 0.3 is 5.97 Å². The Kier molecular flexibility index (Phi) is 3.95. The fourth-order valence-electron chi connectivity index (χ4n) is 2.93. The lowest BCUT2D eigenvalue weighted by Gasteiger charge is -2.44. The van der Waals surface area contributed by atoms with Crippen molar-refractivity contribution < 1.29 is 9.90 Å². The number of hydrogen-bond acceptors (Lipinski definition) is 1. The van der Waals surface area contributed by atoms with Crippen LogP contribution in [0.25, 0.3) is 0 Å². The third-order valence-electron chi connectivity index (χ3n) is 4.51. The molecule has 100 valence electrons. The van der Waals surface area contributed by atoms with E-state index in [1.54, 1.807) is 0 Å². The summed E-state index contributed by atoms with van der Waals surface area (Å²) in [5, 5.41) is 9.31. The molecule has 1 saturated carbocycles. The predicted molar refractivity (Wildman–Crippen MR) is 70.9 cm³/mol. The van der Waals surface area contributed by atoms with E-state index in [9.17, 15) is 9.90 Å². The zero-order chi connectivity index (χ0) is 13.4. The van der Waals surface area contributed by atoms with Gasteiger partial charge in [0.05, 0.1) is 5.92 Å². The standard InChI is InChI=1S/C15H28O2/c1-14(2,3)11-7-10(13(16)17)8-12(9-11)15(4,5)6/h10-12H,7-9H2,1-6H3,(H,16,17). The van der Waals surface area contributed by atoms with Crippen LogP contribution in [0, 0.1) is 28.6 Å². The van der Waals surface area contributed by atoms with Gasteiger partial charge in [-0.15, -0.1) is 0 Å². The molecule has 1 fully saturated rings. The second-order valence-corrected chi connectivity index (χ2v) is 7.87. The highest BCUT2D eigenvalue weighted by Crippen LogP contribution is 2.48. The van der Waals surface area contributed by atoms with E-state index >= 15 is 0 Å². The summed E-state index contributed by atoms with van der Waals surface area (Å²) < 4.78 is 0. The van der Waals surface area contributed by atoms with Gasteiger partial charge in [0.2, 0.25) is 0 Å². The van der Waals surface area contributed by atoms with Gasteiger partial charge < -0.3 is 5.11 Å². The number of hydrogen-bond donors (Lipinski definition) is 1. The van der Waals surface area contributed by atoms with Crippen LogP contribution >= 0.6 is 0 Å². The second kappa shape index (κ2) is 4.62. The van der Waals surface area contributed by atoms with Gasteiger partial charge in [-0.3, -0.25) is 4.79 Å². The van der Waals surface area contributed by atoms with E-state index in [1.165, 1.54) is 6.42 Å². The zero-order valence-electron chi connectivity index (χ0n) is 12.2. The quantitative estimate of drug-likeness (QED) is 0.746. The van der Waals surface area contributed by atoms with Gasteiger partial charge in [0.25, 0.3) is 0 Å². The van der Waals surface area contributed by atoms with E-state index in [4.69, 9.17) is 0 Å². The average molecular weight is 240 g/mol. The van der Waals surface area contributed by atoms with E-state index in [-0.39, 0.29) is 16.7 Å². The van der Waals surface area contributed by atoms with E-state index in [2.05, 4.69) is 41.5 Å². The molecule has 0 aliphatic heterocycles. The molecule has 0 heterocycles. The minimum absolute atomic E-state index is 0.141. The summed E-state index contributed by atoms with van der Waals surface area (Å²) in [6.45, 7) is 13.4. The first kappa shape index (κ1) is 14.5. The summed E-state index contributed by atoms with van der Waals surface area (Å²) >= 11 is 0. The highest BCUT2D eigenvalue weighted by molar-refractivity contribution is 5.70. The van der Waals surface area contributed by atoms with Crippen LogP contribution in [-0.2, 0) is 4.79 Å². The summed E-state index contributed by atoms with van der Waals surface area (Å²) in [7, 11) is 0. The Morgan fingerprint density at radius 1 is 0.882 bits per heavy atom. The highest BCUT2D eigenvalue weighted by atomic mass is 16.4. The minimum atomic E-state index is -0.604. The van der Waals surface area contributed by atoms with Crippen molar-refractivity contribution in [3.8, 4) is 0 Å². The van der Waals surface area contributed by atoms with Gasteiger partial charge in [0.15, 0.2) is 0 Å². The van der Waals surface area contributed by atoms with Crippen LogP contribution in [0.2, 0.25) is 0 Å². The molecule has 1 aliphatic rings. The third kappa shape index (κ3) is 3.72. The molecule has 1 rings (SSSR count). The molecule has 0 saturated heterocycles. The van der Waals surface area contributed by atoms with Gasteiger partial charge in [0, 0.05) is 0 Å². The van der Waals surface area contributed by atoms with Crippen molar-refractivity contribution in [3.63, 3.8) is 0 Å². The summed E-state index contributed by atoms with van der Waals surface area (Å²) in [5.74, 6) is 0.313. The fraction of sp³-hybridized carbons (Fsp3) is 0.933. The third-order valence-corrected chi connectivity index (χ3v) is 4.51. The Hall–Kier alpha value is -0.530. The summed E-state index contributed by atoms with van der Waals surface area (Å²) in [4.78, 5) is 11.3. The lowest BCUT2D eigenvalue weighted by Crippen LogP contribution is -2.38. The molecule has 0 radical (unpaired) electrons. The first-order valence-electron chi connectivity index (χ1n) is 6.74. The van der Waals surface area contributed by atoms with Crippen molar-refractivity contribution in [2.24, 2.45) is 28.6 Å². The Bertz CT molecular complexity index is 258. The molecule has 1 aliphatic carbocycles. The van der Waals surface area contributed by atoms with E-state index < -0.39 is 5.97 Å². The summed E-state index contributed by atoms with van der Waals surface area (Å²) in [5.41, 5.74) is 0.440. The number of rotatable bonds is 1. The number of carboxylic acids is 1. The molecule has 0 spiro atoms. The molecule has 2 nitrogen and oxygen atoms in total. The van der Waals surface area contributed by atoms with Crippen LogP contribution in [0.15, 0.2) is 0 Å². The van der Waals surface area contributed by atoms with Crippen LogP contribution < -0.4 is 0 Å². The van der Waals surface area contributed by atoms with Crippen LogP contribution in [0.5, 0.6) is 0 Å². The van der Waals surface area contributed by atoms with Gasteiger partial charge in [-0.2, -0.15) is 0 Å². The molecule has 2 unspecified atom stereocenters. The topological polar surface area (TPSA) is 37.3 Å². The van der Waals surface area contributed by atoms with Gasteiger partial charge in [-0.1, -0.05) is 41.5 Å². The van der Waals surface area contributed by atoms with Crippen molar-refractivity contribution in [2.45, 2.75) is 60.8 Å². The smallest absolute Gasteiger partial charge is 0.306 e. The molecular weight excluding hydrogens is 212 g/mol. The summed E-state index contributed by atoms with van der Waals surface area (Å²) in [6.07, 6.45) is 2.88. The maximum atomic E-state index is 11.3. The van der Waals surface area contributed by atoms with Gasteiger partial charge in [0.1, 0.15) is 0 Å². The molecule has 0 aromatic rings. The Balaban J connectivity index is 2.88. The zero-order valence-corrected chi connectivity index (χ0v) is 12.2. The van der Waals surface area contributed by atoms with Crippen molar-refractivity contribution in [1.29, 1.82) is 0 Å². The van der Waals surface area contributed by atoms with Crippen molar-refractivity contribution in [1.82, 2.24) is 0 Å². The number of aliphatic carboxylic acids is 1. The lowest BCUT2D eigenvalue weighted by atomic mass is 9.60. The molecule has 0 bridgehead atoms.